The first-order valence-corrected chi connectivity index (χ1v) is 8.42. The van der Waals surface area contributed by atoms with Crippen molar-refractivity contribution in [2.75, 3.05) is 6.54 Å². The third kappa shape index (κ3) is 3.18. The van der Waals surface area contributed by atoms with Crippen LogP contribution >= 0.6 is 0 Å². The molecule has 3 aromatic rings. The van der Waals surface area contributed by atoms with Gasteiger partial charge in [-0.3, -0.25) is 4.79 Å². The number of furan rings is 1. The summed E-state index contributed by atoms with van der Waals surface area (Å²) in [5, 5.41) is 10.1. The number of carbonyl (C=O) groups is 2. The number of aromatic nitrogens is 1. The second-order valence-electron chi connectivity index (χ2n) is 6.09. The summed E-state index contributed by atoms with van der Waals surface area (Å²) >= 11 is 0. The largest absolute Gasteiger partial charge is 0.478 e. The Hall–Kier alpha value is -3.15. The molecule has 134 valence electrons. The molecule has 1 unspecified atom stereocenters. The van der Waals surface area contributed by atoms with Crippen LogP contribution in [0.15, 0.2) is 46.9 Å². The number of benzene rings is 1. The van der Waals surface area contributed by atoms with E-state index in [1.54, 1.807) is 11.8 Å². The Kier molecular flexibility index (Phi) is 4.75. The van der Waals surface area contributed by atoms with Crippen molar-refractivity contribution in [3.63, 3.8) is 0 Å². The van der Waals surface area contributed by atoms with Gasteiger partial charge in [0.1, 0.15) is 17.0 Å². The fourth-order valence-electron chi connectivity index (χ4n) is 3.01. The number of amides is 1. The maximum absolute atomic E-state index is 12.9. The van der Waals surface area contributed by atoms with E-state index < -0.39 is 5.97 Å². The molecule has 0 saturated heterocycles. The normalized spacial score (nSPS) is 12.1. The lowest BCUT2D eigenvalue weighted by Gasteiger charge is -2.26. The minimum absolute atomic E-state index is 0.0925. The number of aromatic carboxylic acids is 1. The molecule has 1 atom stereocenters. The van der Waals surface area contributed by atoms with E-state index in [4.69, 9.17) is 9.52 Å². The molecular formula is C20H20N2O4. The van der Waals surface area contributed by atoms with E-state index in [0.717, 1.165) is 11.0 Å². The van der Waals surface area contributed by atoms with Crippen LogP contribution < -0.4 is 0 Å². The molecule has 0 aliphatic carbocycles. The van der Waals surface area contributed by atoms with Crippen LogP contribution in [0.5, 0.6) is 0 Å². The number of carboxylic acid groups (broad SMARTS) is 1. The second kappa shape index (κ2) is 7.00. The van der Waals surface area contributed by atoms with Gasteiger partial charge in [0.2, 0.25) is 0 Å². The molecule has 2 aromatic heterocycles. The van der Waals surface area contributed by atoms with E-state index >= 15 is 0 Å². The van der Waals surface area contributed by atoms with E-state index in [0.29, 0.717) is 18.0 Å². The first-order chi connectivity index (χ1) is 12.4. The van der Waals surface area contributed by atoms with E-state index in [1.807, 2.05) is 44.2 Å². The van der Waals surface area contributed by atoms with Gasteiger partial charge in [0.25, 0.3) is 5.91 Å². The molecule has 2 heterocycles. The highest BCUT2D eigenvalue weighted by atomic mass is 16.4. The number of carboxylic acids is 1. The van der Waals surface area contributed by atoms with Crippen LogP contribution in [0.2, 0.25) is 0 Å². The lowest BCUT2D eigenvalue weighted by Crippen LogP contribution is -2.34. The summed E-state index contributed by atoms with van der Waals surface area (Å²) in [6.45, 7) is 5.84. The molecule has 6 nitrogen and oxygen atoms in total. The summed E-state index contributed by atoms with van der Waals surface area (Å²) < 4.78 is 5.88. The molecule has 1 amide bonds. The van der Waals surface area contributed by atoms with Crippen molar-refractivity contribution in [2.45, 2.75) is 26.8 Å². The predicted molar refractivity (Wildman–Crippen MR) is 97.3 cm³/mol. The predicted octanol–water partition coefficient (Wildman–Crippen LogP) is 4.06. The van der Waals surface area contributed by atoms with Crippen molar-refractivity contribution in [2.24, 2.45) is 0 Å². The standard InChI is InChI=1S/C20H20N2O4/c1-4-22(13(3)18-11-14-7-5-6-8-17(14)26-18)19(23)16-10-9-15(20(24)25)12(2)21-16/h5-11,13H,4H2,1-3H3,(H,24,25). The zero-order chi connectivity index (χ0) is 18.8. The van der Waals surface area contributed by atoms with Crippen molar-refractivity contribution in [3.05, 3.63) is 65.2 Å². The highest BCUT2D eigenvalue weighted by Crippen LogP contribution is 2.28. The number of aryl methyl sites for hydroxylation is 1. The van der Waals surface area contributed by atoms with Gasteiger partial charge in [0, 0.05) is 11.9 Å². The molecule has 26 heavy (non-hydrogen) atoms. The van der Waals surface area contributed by atoms with Gasteiger partial charge in [-0.15, -0.1) is 0 Å². The molecule has 3 rings (SSSR count). The molecule has 0 fully saturated rings. The molecule has 0 aliphatic rings. The Morgan fingerprint density at radius 3 is 2.58 bits per heavy atom. The van der Waals surface area contributed by atoms with Crippen LogP contribution in [0.3, 0.4) is 0 Å². The van der Waals surface area contributed by atoms with E-state index in [1.165, 1.54) is 12.1 Å². The van der Waals surface area contributed by atoms with Crippen molar-refractivity contribution >= 4 is 22.8 Å². The van der Waals surface area contributed by atoms with E-state index in [-0.39, 0.29) is 23.2 Å². The number of fused-ring (bicyclic) bond motifs is 1. The summed E-state index contributed by atoms with van der Waals surface area (Å²) in [5.41, 5.74) is 1.40. The van der Waals surface area contributed by atoms with Gasteiger partial charge in [-0.2, -0.15) is 0 Å². The van der Waals surface area contributed by atoms with Gasteiger partial charge in [0.15, 0.2) is 0 Å². The number of para-hydroxylation sites is 1. The van der Waals surface area contributed by atoms with Gasteiger partial charge >= 0.3 is 5.97 Å². The average molecular weight is 352 g/mol. The monoisotopic (exact) mass is 352 g/mol. The van der Waals surface area contributed by atoms with Crippen molar-refractivity contribution in [1.82, 2.24) is 9.88 Å². The van der Waals surface area contributed by atoms with Gasteiger partial charge in [0.05, 0.1) is 17.3 Å². The fraction of sp³-hybridized carbons (Fsp3) is 0.250. The molecule has 0 bridgehead atoms. The zero-order valence-corrected chi connectivity index (χ0v) is 14.9. The van der Waals surface area contributed by atoms with Crippen molar-refractivity contribution < 1.29 is 19.1 Å². The molecule has 1 aromatic carbocycles. The maximum Gasteiger partial charge on any atom is 0.337 e. The smallest absolute Gasteiger partial charge is 0.337 e. The summed E-state index contributed by atoms with van der Waals surface area (Å²) in [4.78, 5) is 29.9. The maximum atomic E-state index is 12.9. The van der Waals surface area contributed by atoms with E-state index in [2.05, 4.69) is 4.98 Å². The number of rotatable bonds is 5. The summed E-state index contributed by atoms with van der Waals surface area (Å²) in [6.07, 6.45) is 0. The van der Waals surface area contributed by atoms with Crippen LogP contribution in [-0.4, -0.2) is 33.4 Å². The number of hydrogen-bond donors (Lipinski definition) is 1. The highest BCUT2D eigenvalue weighted by Gasteiger charge is 2.25. The third-order valence-electron chi connectivity index (χ3n) is 4.46. The second-order valence-corrected chi connectivity index (χ2v) is 6.09. The number of carbonyl (C=O) groups excluding carboxylic acids is 1. The Labute approximate surface area is 151 Å². The highest BCUT2D eigenvalue weighted by molar-refractivity contribution is 5.94. The molecule has 6 heteroatoms. The molecule has 0 saturated carbocycles. The first kappa shape index (κ1) is 17.7. The molecule has 0 radical (unpaired) electrons. The SMILES string of the molecule is CCN(C(=O)c1ccc(C(=O)O)c(C)n1)C(C)c1cc2ccccc2o1. The summed E-state index contributed by atoms with van der Waals surface area (Å²) in [6, 6.07) is 12.2. The zero-order valence-electron chi connectivity index (χ0n) is 14.9. The Morgan fingerprint density at radius 2 is 1.96 bits per heavy atom. The van der Waals surface area contributed by atoms with Crippen LogP contribution in [0.4, 0.5) is 0 Å². The Balaban J connectivity index is 1.90. The van der Waals surface area contributed by atoms with Crippen LogP contribution in [0, 0.1) is 6.92 Å². The summed E-state index contributed by atoms with van der Waals surface area (Å²) in [5.74, 6) is -0.627. The molecule has 1 N–H and O–H groups in total. The topological polar surface area (TPSA) is 83.6 Å². The van der Waals surface area contributed by atoms with Gasteiger partial charge in [-0.1, -0.05) is 18.2 Å². The molecule has 0 aliphatic heterocycles. The number of hydrogen-bond acceptors (Lipinski definition) is 4. The van der Waals surface area contributed by atoms with E-state index in [9.17, 15) is 9.59 Å². The molecular weight excluding hydrogens is 332 g/mol. The van der Waals surface area contributed by atoms with Crippen molar-refractivity contribution in [3.8, 4) is 0 Å². The van der Waals surface area contributed by atoms with Gasteiger partial charge in [-0.25, -0.2) is 9.78 Å². The lowest BCUT2D eigenvalue weighted by atomic mass is 10.1. The minimum atomic E-state index is -1.06. The molecule has 0 spiro atoms. The summed E-state index contributed by atoms with van der Waals surface area (Å²) in [7, 11) is 0. The van der Waals surface area contributed by atoms with Crippen LogP contribution in [0.1, 0.15) is 52.2 Å². The Morgan fingerprint density at radius 1 is 1.23 bits per heavy atom. The average Bonchev–Trinajstić information content (AvgIpc) is 3.05. The van der Waals surface area contributed by atoms with Gasteiger partial charge in [-0.05, 0) is 45.0 Å². The minimum Gasteiger partial charge on any atom is -0.478 e. The lowest BCUT2D eigenvalue weighted by molar-refractivity contribution is 0.0669. The quantitative estimate of drug-likeness (QED) is 0.749. The first-order valence-electron chi connectivity index (χ1n) is 8.42. The van der Waals surface area contributed by atoms with Gasteiger partial charge < -0.3 is 14.4 Å². The van der Waals surface area contributed by atoms with Crippen molar-refractivity contribution in [1.29, 1.82) is 0 Å². The van der Waals surface area contributed by atoms with Crippen LogP contribution in [-0.2, 0) is 0 Å². The third-order valence-corrected chi connectivity index (χ3v) is 4.46. The van der Waals surface area contributed by atoms with Crippen LogP contribution in [0.25, 0.3) is 11.0 Å². The number of pyridine rings is 1. The number of nitrogens with zero attached hydrogens (tertiary/aromatic N) is 2. The Bertz CT molecular complexity index is 944. The fourth-order valence-corrected chi connectivity index (χ4v) is 3.01.